The van der Waals surface area contributed by atoms with Crippen LogP contribution in [0.3, 0.4) is 0 Å². The summed E-state index contributed by atoms with van der Waals surface area (Å²) < 4.78 is 12.7. The highest BCUT2D eigenvalue weighted by Crippen LogP contribution is 2.46. The predicted molar refractivity (Wildman–Crippen MR) is 198 cm³/mol. The Labute approximate surface area is 302 Å². The van der Waals surface area contributed by atoms with Crippen LogP contribution in [-0.4, -0.2) is 33.6 Å². The van der Waals surface area contributed by atoms with Gasteiger partial charge in [0.1, 0.15) is 12.4 Å². The number of Topliss-reactive ketones (excluding diaryl/α,β-unsaturated/α-hetero) is 1. The molecule has 5 aromatic carbocycles. The average molecular weight is 720 g/mol. The summed E-state index contributed by atoms with van der Waals surface area (Å²) in [6, 6.07) is 34.8. The van der Waals surface area contributed by atoms with E-state index in [1.165, 1.54) is 28.0 Å². The maximum absolute atomic E-state index is 13.8. The zero-order valence-corrected chi connectivity index (χ0v) is 29.2. The molecule has 1 aliphatic heterocycles. The Morgan fingerprint density at radius 2 is 1.64 bits per heavy atom. The number of rotatable bonds is 11. The number of aromatic nitrogens is 2. The highest BCUT2D eigenvalue weighted by molar-refractivity contribution is 8.00. The minimum atomic E-state index is -1.03. The Kier molecular flexibility index (Phi) is 9.84. The summed E-state index contributed by atoms with van der Waals surface area (Å²) in [7, 11) is 0. The second-order valence-corrected chi connectivity index (χ2v) is 14.0. The molecule has 8 nitrogen and oxygen atoms in total. The number of nitrogens with zero attached hydrogens (tertiary/aromatic N) is 3. The second kappa shape index (κ2) is 14.8. The molecule has 6 aromatic rings. The van der Waals surface area contributed by atoms with Crippen molar-refractivity contribution in [1.82, 2.24) is 10.2 Å². The molecule has 0 radical (unpaired) electrons. The molecule has 0 spiro atoms. The van der Waals surface area contributed by atoms with Gasteiger partial charge in [-0.2, -0.15) is 0 Å². The van der Waals surface area contributed by atoms with Gasteiger partial charge in [0, 0.05) is 16.3 Å². The number of thioether (sulfide) groups is 1. The fraction of sp³-hybridized carbons (Fsp3) is 0.128. The Morgan fingerprint density at radius 3 is 2.44 bits per heavy atom. The van der Waals surface area contributed by atoms with Crippen LogP contribution < -0.4 is 14.4 Å². The third-order valence-electron chi connectivity index (χ3n) is 8.22. The molecule has 250 valence electrons. The van der Waals surface area contributed by atoms with E-state index >= 15 is 0 Å². The monoisotopic (exact) mass is 719 g/mol. The molecule has 1 amide bonds. The largest absolute Gasteiger partial charge is 0.507 e. The molecular weight excluding hydrogens is 690 g/mol. The molecule has 7 rings (SSSR count). The fourth-order valence-electron chi connectivity index (χ4n) is 5.84. The van der Waals surface area contributed by atoms with E-state index in [-0.39, 0.29) is 16.5 Å². The molecule has 11 heteroatoms. The van der Waals surface area contributed by atoms with Gasteiger partial charge in [-0.3, -0.25) is 14.5 Å². The van der Waals surface area contributed by atoms with Gasteiger partial charge in [0.25, 0.3) is 5.78 Å². The number of carbonyl (C=O) groups excluding carboxylic acids is 2. The molecule has 1 unspecified atom stereocenters. The number of halogens is 1. The van der Waals surface area contributed by atoms with E-state index in [1.807, 2.05) is 55.5 Å². The van der Waals surface area contributed by atoms with E-state index in [0.717, 1.165) is 21.9 Å². The quantitative estimate of drug-likeness (QED) is 0.0465. The maximum atomic E-state index is 13.8. The van der Waals surface area contributed by atoms with Crippen molar-refractivity contribution >= 4 is 68.1 Å². The molecule has 0 aliphatic carbocycles. The number of benzene rings is 5. The van der Waals surface area contributed by atoms with Crippen LogP contribution >= 0.6 is 34.7 Å². The SMILES string of the molecule is CCOc1cc(C2/C(=C(\O)c3ccc(Cl)cc3)C(=O)C(=O)N2c2nnc(SCc3cccc4ccccc34)s2)ccc1OCc1ccccc1. The zero-order chi connectivity index (χ0) is 34.6. The van der Waals surface area contributed by atoms with Gasteiger partial charge in [0.15, 0.2) is 15.8 Å². The summed E-state index contributed by atoms with van der Waals surface area (Å²) in [4.78, 5) is 28.9. The lowest BCUT2D eigenvalue weighted by Gasteiger charge is -2.23. The molecule has 1 aliphatic rings. The first-order valence-electron chi connectivity index (χ1n) is 15.8. The van der Waals surface area contributed by atoms with Gasteiger partial charge in [0.05, 0.1) is 18.2 Å². The molecule has 2 heterocycles. The van der Waals surface area contributed by atoms with Crippen LogP contribution in [0.5, 0.6) is 11.5 Å². The third kappa shape index (κ3) is 6.82. The maximum Gasteiger partial charge on any atom is 0.301 e. The molecule has 0 saturated carbocycles. The molecular formula is C39H30ClN3O5S2. The minimum absolute atomic E-state index is 0.0853. The van der Waals surface area contributed by atoms with Crippen molar-refractivity contribution in [2.24, 2.45) is 0 Å². The highest BCUT2D eigenvalue weighted by atomic mass is 35.5. The molecule has 0 bridgehead atoms. The van der Waals surface area contributed by atoms with Crippen LogP contribution in [0.15, 0.2) is 125 Å². The van der Waals surface area contributed by atoms with Gasteiger partial charge in [-0.1, -0.05) is 114 Å². The molecule has 1 aromatic heterocycles. The number of anilines is 1. The topological polar surface area (TPSA) is 102 Å². The third-order valence-corrected chi connectivity index (χ3v) is 10.6. The van der Waals surface area contributed by atoms with Crippen LogP contribution in [0.25, 0.3) is 16.5 Å². The number of amides is 1. The van der Waals surface area contributed by atoms with Gasteiger partial charge in [-0.15, -0.1) is 10.2 Å². The van der Waals surface area contributed by atoms with E-state index in [2.05, 4.69) is 34.5 Å². The number of ketones is 1. The number of fused-ring (bicyclic) bond motifs is 1. The summed E-state index contributed by atoms with van der Waals surface area (Å²) in [5.41, 5.74) is 2.91. The van der Waals surface area contributed by atoms with Crippen molar-refractivity contribution in [3.05, 3.63) is 148 Å². The normalized spacial score (nSPS) is 15.5. The second-order valence-electron chi connectivity index (χ2n) is 11.4. The van der Waals surface area contributed by atoms with Crippen molar-refractivity contribution in [2.75, 3.05) is 11.5 Å². The lowest BCUT2D eigenvalue weighted by molar-refractivity contribution is -0.132. The Morgan fingerprint density at radius 1 is 0.880 bits per heavy atom. The van der Waals surface area contributed by atoms with Crippen LogP contribution in [0.2, 0.25) is 5.02 Å². The van der Waals surface area contributed by atoms with E-state index in [0.29, 0.717) is 51.0 Å². The van der Waals surface area contributed by atoms with E-state index < -0.39 is 17.7 Å². The van der Waals surface area contributed by atoms with Crippen LogP contribution in [-0.2, 0) is 21.9 Å². The van der Waals surface area contributed by atoms with Crippen molar-refractivity contribution in [3.8, 4) is 11.5 Å². The molecule has 1 saturated heterocycles. The van der Waals surface area contributed by atoms with Gasteiger partial charge >= 0.3 is 5.91 Å². The first kappa shape index (κ1) is 33.3. The first-order chi connectivity index (χ1) is 24.4. The Balaban J connectivity index is 1.26. The number of hydrogen-bond donors (Lipinski definition) is 1. The van der Waals surface area contributed by atoms with Crippen LogP contribution in [0, 0.1) is 0 Å². The summed E-state index contributed by atoms with van der Waals surface area (Å²) in [5, 5.41) is 23.3. The first-order valence-corrected chi connectivity index (χ1v) is 18.0. The van der Waals surface area contributed by atoms with Gasteiger partial charge in [0.2, 0.25) is 5.13 Å². The fourth-order valence-corrected chi connectivity index (χ4v) is 7.84. The number of aliphatic hydroxyl groups is 1. The predicted octanol–water partition coefficient (Wildman–Crippen LogP) is 9.24. The van der Waals surface area contributed by atoms with Crippen LogP contribution in [0.1, 0.15) is 35.2 Å². The van der Waals surface area contributed by atoms with Crippen molar-refractivity contribution < 1.29 is 24.2 Å². The van der Waals surface area contributed by atoms with Gasteiger partial charge in [-0.05, 0) is 70.8 Å². The van der Waals surface area contributed by atoms with Crippen molar-refractivity contribution in [2.45, 2.75) is 29.7 Å². The standard InChI is InChI=1S/C39H30ClN3O5S2/c1-2-47-32-21-27(17-20-31(32)48-22-24-9-4-3-5-10-24)34-33(35(44)26-15-18-29(40)19-16-26)36(45)37(46)43(34)38-41-42-39(50-38)49-23-28-13-8-12-25-11-6-7-14-30(25)28/h3-21,34,44H,2,22-23H2,1H3/b35-33+. The average Bonchev–Trinajstić information content (AvgIpc) is 3.72. The molecule has 1 fully saturated rings. The Bertz CT molecular complexity index is 2220. The van der Waals surface area contributed by atoms with Crippen molar-refractivity contribution in [3.63, 3.8) is 0 Å². The number of carbonyl (C=O) groups is 2. The van der Waals surface area contributed by atoms with Crippen molar-refractivity contribution in [1.29, 1.82) is 0 Å². The summed E-state index contributed by atoms with van der Waals surface area (Å²) in [5.74, 6) is -0.431. The van der Waals surface area contributed by atoms with Gasteiger partial charge in [-0.25, -0.2) is 0 Å². The number of aliphatic hydroxyl groups excluding tert-OH is 1. The zero-order valence-electron chi connectivity index (χ0n) is 26.8. The Hall–Kier alpha value is -5.16. The molecule has 1 N–H and O–H groups in total. The number of ether oxygens (including phenoxy) is 2. The van der Waals surface area contributed by atoms with E-state index in [1.54, 1.807) is 42.5 Å². The van der Waals surface area contributed by atoms with Crippen LogP contribution in [0.4, 0.5) is 5.13 Å². The lowest BCUT2D eigenvalue weighted by Crippen LogP contribution is -2.29. The van der Waals surface area contributed by atoms with Gasteiger partial charge < -0.3 is 14.6 Å². The highest BCUT2D eigenvalue weighted by Gasteiger charge is 2.48. The van der Waals surface area contributed by atoms with E-state index in [4.69, 9.17) is 21.1 Å². The summed E-state index contributed by atoms with van der Waals surface area (Å²) >= 11 is 8.82. The molecule has 1 atom stereocenters. The number of hydrogen-bond acceptors (Lipinski definition) is 9. The summed E-state index contributed by atoms with van der Waals surface area (Å²) in [6.07, 6.45) is 0. The summed E-state index contributed by atoms with van der Waals surface area (Å²) in [6.45, 7) is 2.53. The van der Waals surface area contributed by atoms with E-state index in [9.17, 15) is 14.7 Å². The lowest BCUT2D eigenvalue weighted by atomic mass is 9.95. The minimum Gasteiger partial charge on any atom is -0.507 e. The molecule has 50 heavy (non-hydrogen) atoms. The smallest absolute Gasteiger partial charge is 0.301 e.